The van der Waals surface area contributed by atoms with Gasteiger partial charge in [0.1, 0.15) is 0 Å². The van der Waals surface area contributed by atoms with Crippen molar-refractivity contribution in [3.8, 4) is 0 Å². The highest BCUT2D eigenvalue weighted by molar-refractivity contribution is 6.35. The van der Waals surface area contributed by atoms with Crippen LogP contribution < -0.4 is 4.90 Å². The number of hydrogen-bond donors (Lipinski definition) is 1. The fourth-order valence-electron chi connectivity index (χ4n) is 5.14. The van der Waals surface area contributed by atoms with Crippen molar-refractivity contribution in [3.63, 3.8) is 0 Å². The van der Waals surface area contributed by atoms with Crippen molar-refractivity contribution < 1.29 is 19.5 Å². The number of carboxylic acids is 1. The highest BCUT2D eigenvalue weighted by Crippen LogP contribution is 2.58. The molecule has 30 heavy (non-hydrogen) atoms. The van der Waals surface area contributed by atoms with Gasteiger partial charge < -0.3 is 5.11 Å². The Balaban J connectivity index is 1.53. The van der Waals surface area contributed by atoms with E-state index in [0.717, 1.165) is 22.3 Å². The molecule has 3 aliphatic carbocycles. The van der Waals surface area contributed by atoms with E-state index in [1.54, 1.807) is 0 Å². The number of nitrogens with zero attached hydrogens (tertiary/aromatic N) is 1. The molecule has 0 fully saturated rings. The Kier molecular flexibility index (Phi) is 3.25. The summed E-state index contributed by atoms with van der Waals surface area (Å²) in [6, 6.07) is 21.9. The van der Waals surface area contributed by atoms with E-state index in [4.69, 9.17) is 5.11 Å². The fraction of sp³-hybridized carbons (Fsp3) is 0.0800. The Morgan fingerprint density at radius 2 is 1.07 bits per heavy atom. The summed E-state index contributed by atoms with van der Waals surface area (Å²) >= 11 is 0. The van der Waals surface area contributed by atoms with Crippen molar-refractivity contribution in [1.29, 1.82) is 0 Å². The molecule has 0 atom stereocenters. The third kappa shape index (κ3) is 1.99. The topological polar surface area (TPSA) is 74.7 Å². The number of carboxylic acid groups (broad SMARTS) is 1. The Morgan fingerprint density at radius 1 is 0.667 bits per heavy atom. The zero-order chi connectivity index (χ0) is 20.6. The molecule has 0 radical (unpaired) electrons. The van der Waals surface area contributed by atoms with Crippen LogP contribution in [0.3, 0.4) is 0 Å². The third-order valence-electron chi connectivity index (χ3n) is 6.34. The lowest BCUT2D eigenvalue weighted by Gasteiger charge is -2.39. The number of anilines is 1. The second-order valence-corrected chi connectivity index (χ2v) is 7.75. The molecular formula is C25H15NO4. The largest absolute Gasteiger partial charge is 0.478 e. The van der Waals surface area contributed by atoms with Crippen molar-refractivity contribution >= 4 is 23.5 Å². The molecule has 2 bridgehead atoms. The minimum Gasteiger partial charge on any atom is -0.478 e. The summed E-state index contributed by atoms with van der Waals surface area (Å²) < 4.78 is 0. The number of amides is 2. The summed E-state index contributed by atoms with van der Waals surface area (Å²) in [6.07, 6.45) is 0. The Labute approximate surface area is 171 Å². The van der Waals surface area contributed by atoms with Gasteiger partial charge >= 0.3 is 5.97 Å². The van der Waals surface area contributed by atoms with E-state index in [0.29, 0.717) is 16.8 Å². The first-order chi connectivity index (χ1) is 14.6. The minimum absolute atomic E-state index is 0.107. The van der Waals surface area contributed by atoms with Crippen molar-refractivity contribution in [2.24, 2.45) is 0 Å². The lowest BCUT2D eigenvalue weighted by atomic mass is 9.61. The summed E-state index contributed by atoms with van der Waals surface area (Å²) in [4.78, 5) is 39.4. The van der Waals surface area contributed by atoms with Gasteiger partial charge in [0.15, 0.2) is 0 Å². The van der Waals surface area contributed by atoms with Crippen LogP contribution in [0.15, 0.2) is 83.9 Å². The molecule has 1 aliphatic heterocycles. The van der Waals surface area contributed by atoms with Gasteiger partial charge in [-0.2, -0.15) is 0 Å². The van der Waals surface area contributed by atoms with Gasteiger partial charge in [0.05, 0.1) is 11.3 Å². The van der Waals surface area contributed by atoms with Crippen molar-refractivity contribution in [3.05, 3.63) is 112 Å². The molecule has 0 saturated carbocycles. The molecule has 5 heteroatoms. The predicted molar refractivity (Wildman–Crippen MR) is 109 cm³/mol. The summed E-state index contributed by atoms with van der Waals surface area (Å²) in [5.74, 6) is -2.23. The van der Waals surface area contributed by atoms with Crippen molar-refractivity contribution in [1.82, 2.24) is 0 Å². The van der Waals surface area contributed by atoms with E-state index >= 15 is 0 Å². The lowest BCUT2D eigenvalue weighted by molar-refractivity contribution is -0.120. The number of benzene rings is 3. The van der Waals surface area contributed by atoms with E-state index in [2.05, 4.69) is 0 Å². The van der Waals surface area contributed by atoms with Gasteiger partial charge in [0.25, 0.3) is 11.8 Å². The van der Waals surface area contributed by atoms with Crippen molar-refractivity contribution in [2.75, 3.05) is 4.90 Å². The third-order valence-corrected chi connectivity index (χ3v) is 6.34. The maximum Gasteiger partial charge on any atom is 0.335 e. The predicted octanol–water partition coefficient (Wildman–Crippen LogP) is 3.85. The van der Waals surface area contributed by atoms with Crippen LogP contribution in [0.5, 0.6) is 0 Å². The van der Waals surface area contributed by atoms with Gasteiger partial charge in [-0.05, 0) is 46.5 Å². The van der Waals surface area contributed by atoms with Gasteiger partial charge in [-0.3, -0.25) is 9.59 Å². The van der Waals surface area contributed by atoms with E-state index in [1.165, 1.54) is 29.2 Å². The van der Waals surface area contributed by atoms with Gasteiger partial charge in [-0.1, -0.05) is 48.5 Å². The zero-order valence-electron chi connectivity index (χ0n) is 15.7. The summed E-state index contributed by atoms with van der Waals surface area (Å²) in [6.45, 7) is 0. The first kappa shape index (κ1) is 16.9. The molecule has 4 aliphatic rings. The molecule has 5 nitrogen and oxygen atoms in total. The molecule has 3 aromatic carbocycles. The summed E-state index contributed by atoms with van der Waals surface area (Å²) in [7, 11) is 0. The number of aromatic carboxylic acids is 1. The van der Waals surface area contributed by atoms with Gasteiger partial charge in [0, 0.05) is 23.0 Å². The average molecular weight is 393 g/mol. The first-order valence-corrected chi connectivity index (χ1v) is 9.71. The van der Waals surface area contributed by atoms with Crippen LogP contribution in [0.25, 0.3) is 0 Å². The van der Waals surface area contributed by atoms with E-state index in [1.807, 2.05) is 48.5 Å². The van der Waals surface area contributed by atoms with Crippen LogP contribution in [0.4, 0.5) is 5.69 Å². The van der Waals surface area contributed by atoms with Gasteiger partial charge in [-0.25, -0.2) is 9.69 Å². The first-order valence-electron chi connectivity index (χ1n) is 9.71. The fourth-order valence-corrected chi connectivity index (χ4v) is 5.14. The maximum atomic E-state index is 13.5. The van der Waals surface area contributed by atoms with Crippen LogP contribution in [-0.4, -0.2) is 22.9 Å². The van der Waals surface area contributed by atoms with Gasteiger partial charge in [0.2, 0.25) is 0 Å². The SMILES string of the molecule is O=C(O)c1ccc(N2C(=O)C3=C(C2=O)C2c4ccccc4C3c3ccccc32)cc1. The zero-order valence-corrected chi connectivity index (χ0v) is 15.7. The van der Waals surface area contributed by atoms with Crippen LogP contribution in [0.2, 0.25) is 0 Å². The average Bonchev–Trinajstić information content (AvgIpc) is 3.04. The lowest BCUT2D eigenvalue weighted by Crippen LogP contribution is -2.32. The smallest absolute Gasteiger partial charge is 0.335 e. The standard InChI is InChI=1S/C25H15NO4/c27-23-21-19-15-5-1-2-6-16(15)20(18-8-4-3-7-17(18)19)22(21)24(28)26(23)14-11-9-13(10-12-14)25(29)30/h1-12,19-20H,(H,29,30). The van der Waals surface area contributed by atoms with Crippen LogP contribution in [-0.2, 0) is 9.59 Å². The molecule has 1 N–H and O–H groups in total. The van der Waals surface area contributed by atoms with Gasteiger partial charge in [-0.15, -0.1) is 0 Å². The molecule has 0 unspecified atom stereocenters. The number of rotatable bonds is 2. The molecule has 0 aromatic heterocycles. The Bertz CT molecular complexity index is 1200. The number of imide groups is 1. The Hall–Kier alpha value is -3.99. The summed E-state index contributed by atoms with van der Waals surface area (Å²) in [5, 5.41) is 9.14. The van der Waals surface area contributed by atoms with Crippen LogP contribution in [0.1, 0.15) is 44.4 Å². The second-order valence-electron chi connectivity index (χ2n) is 7.75. The normalized spacial score (nSPS) is 20.9. The molecule has 2 amide bonds. The molecule has 0 saturated heterocycles. The highest BCUT2D eigenvalue weighted by Gasteiger charge is 2.53. The Morgan fingerprint density at radius 3 is 1.43 bits per heavy atom. The molecular weight excluding hydrogens is 378 g/mol. The van der Waals surface area contributed by atoms with Crippen LogP contribution >= 0.6 is 0 Å². The minimum atomic E-state index is -1.05. The molecule has 144 valence electrons. The molecule has 1 heterocycles. The molecule has 0 spiro atoms. The van der Waals surface area contributed by atoms with E-state index in [-0.39, 0.29) is 29.2 Å². The number of carbonyl (C=O) groups is 3. The number of hydrogen-bond acceptors (Lipinski definition) is 3. The van der Waals surface area contributed by atoms with Crippen LogP contribution in [0, 0.1) is 0 Å². The van der Waals surface area contributed by atoms with E-state index < -0.39 is 5.97 Å². The monoisotopic (exact) mass is 393 g/mol. The van der Waals surface area contributed by atoms with E-state index in [9.17, 15) is 14.4 Å². The highest BCUT2D eigenvalue weighted by atomic mass is 16.4. The van der Waals surface area contributed by atoms with Crippen molar-refractivity contribution in [2.45, 2.75) is 11.8 Å². The number of carbonyl (C=O) groups excluding carboxylic acids is 2. The molecule has 3 aromatic rings. The maximum absolute atomic E-state index is 13.5. The molecule has 7 rings (SSSR count). The summed E-state index contributed by atoms with van der Waals surface area (Å²) in [5.41, 5.74) is 5.88. The quantitative estimate of drug-likeness (QED) is 0.671. The second kappa shape index (κ2) is 5.76.